The Balaban J connectivity index is 1.46. The predicted molar refractivity (Wildman–Crippen MR) is 88.4 cm³/mol. The Labute approximate surface area is 140 Å². The van der Waals surface area contributed by atoms with Gasteiger partial charge < -0.3 is 15.3 Å². The van der Waals surface area contributed by atoms with E-state index >= 15 is 0 Å². The maximum atomic E-state index is 12.0. The van der Waals surface area contributed by atoms with Gasteiger partial charge in [-0.2, -0.15) is 5.10 Å². The summed E-state index contributed by atoms with van der Waals surface area (Å²) in [6.45, 7) is 3.80. The van der Waals surface area contributed by atoms with Crippen LogP contribution in [0.5, 0.6) is 0 Å². The molecule has 1 fully saturated rings. The Morgan fingerprint density at radius 3 is 2.88 bits per heavy atom. The van der Waals surface area contributed by atoms with Gasteiger partial charge in [0.25, 0.3) is 0 Å². The quantitative estimate of drug-likeness (QED) is 0.781. The van der Waals surface area contributed by atoms with Crippen molar-refractivity contribution in [1.29, 1.82) is 0 Å². The lowest BCUT2D eigenvalue weighted by Gasteiger charge is -2.23. The summed E-state index contributed by atoms with van der Waals surface area (Å²) >= 11 is 0. The number of carbonyl (C=O) groups is 1. The van der Waals surface area contributed by atoms with E-state index in [-0.39, 0.29) is 12.5 Å². The topological polar surface area (TPSA) is 96.2 Å². The minimum Gasteiger partial charge on any atom is -0.386 e. The van der Waals surface area contributed by atoms with E-state index in [1.54, 1.807) is 29.3 Å². The van der Waals surface area contributed by atoms with E-state index in [1.165, 1.54) is 0 Å². The number of anilines is 1. The molecule has 8 nitrogen and oxygen atoms in total. The number of amides is 1. The van der Waals surface area contributed by atoms with Crippen LogP contribution in [0.1, 0.15) is 18.5 Å². The van der Waals surface area contributed by atoms with Crippen molar-refractivity contribution < 1.29 is 9.90 Å². The first-order chi connectivity index (χ1) is 11.6. The Bertz CT molecular complexity index is 689. The lowest BCUT2D eigenvalue weighted by Crippen LogP contribution is -2.45. The molecule has 1 saturated heterocycles. The van der Waals surface area contributed by atoms with Gasteiger partial charge >= 0.3 is 0 Å². The summed E-state index contributed by atoms with van der Waals surface area (Å²) < 4.78 is 1.79. The third-order valence-electron chi connectivity index (χ3n) is 4.26. The Morgan fingerprint density at radius 2 is 2.17 bits per heavy atom. The van der Waals surface area contributed by atoms with Crippen LogP contribution in [0, 0.1) is 6.92 Å². The van der Waals surface area contributed by atoms with E-state index in [2.05, 4.69) is 20.4 Å². The first-order valence-electron chi connectivity index (χ1n) is 8.05. The maximum Gasteiger partial charge on any atom is 0.225 e. The first kappa shape index (κ1) is 16.4. The van der Waals surface area contributed by atoms with Gasteiger partial charge in [-0.15, -0.1) is 0 Å². The van der Waals surface area contributed by atoms with Crippen LogP contribution in [0.3, 0.4) is 0 Å². The lowest BCUT2D eigenvalue weighted by molar-refractivity contribution is -0.122. The van der Waals surface area contributed by atoms with Crippen molar-refractivity contribution in [3.05, 3.63) is 36.4 Å². The molecule has 24 heavy (non-hydrogen) atoms. The normalized spacial score (nSPS) is 20.3. The minimum absolute atomic E-state index is 0.0901. The fourth-order valence-corrected chi connectivity index (χ4v) is 2.82. The third-order valence-corrected chi connectivity index (χ3v) is 4.26. The highest BCUT2D eigenvalue weighted by atomic mass is 16.3. The van der Waals surface area contributed by atoms with E-state index in [0.717, 1.165) is 5.69 Å². The van der Waals surface area contributed by atoms with Gasteiger partial charge in [-0.25, -0.2) is 9.97 Å². The second-order valence-corrected chi connectivity index (χ2v) is 6.17. The SMILES string of the molecule is Cc1ccnn1CCC(=O)NC[C@@]1(O)CCN(c2ncccn2)C1. The number of aromatic nitrogens is 4. The highest BCUT2D eigenvalue weighted by Crippen LogP contribution is 2.23. The van der Waals surface area contributed by atoms with Gasteiger partial charge in [-0.05, 0) is 25.5 Å². The maximum absolute atomic E-state index is 12.0. The van der Waals surface area contributed by atoms with E-state index in [4.69, 9.17) is 0 Å². The Hall–Kier alpha value is -2.48. The largest absolute Gasteiger partial charge is 0.386 e. The zero-order valence-electron chi connectivity index (χ0n) is 13.7. The monoisotopic (exact) mass is 330 g/mol. The number of aliphatic hydroxyl groups is 1. The van der Waals surface area contributed by atoms with Gasteiger partial charge in [0.1, 0.15) is 5.60 Å². The Morgan fingerprint density at radius 1 is 1.38 bits per heavy atom. The van der Waals surface area contributed by atoms with Gasteiger partial charge in [0.2, 0.25) is 11.9 Å². The summed E-state index contributed by atoms with van der Waals surface area (Å²) in [6.07, 6.45) is 5.99. The molecule has 1 aliphatic rings. The predicted octanol–water partition coefficient (Wildman–Crippen LogP) is 0.129. The number of hydrogen-bond donors (Lipinski definition) is 2. The van der Waals surface area contributed by atoms with Crippen LogP contribution in [0.15, 0.2) is 30.7 Å². The Kier molecular flexibility index (Phi) is 4.75. The molecule has 8 heteroatoms. The minimum atomic E-state index is -0.948. The van der Waals surface area contributed by atoms with Crippen LogP contribution < -0.4 is 10.2 Å². The number of hydrogen-bond acceptors (Lipinski definition) is 6. The summed E-state index contributed by atoms with van der Waals surface area (Å²) in [4.78, 5) is 22.3. The smallest absolute Gasteiger partial charge is 0.225 e. The molecule has 2 aromatic rings. The number of rotatable bonds is 6. The van der Waals surface area contributed by atoms with Crippen molar-refractivity contribution in [2.45, 2.75) is 31.9 Å². The van der Waals surface area contributed by atoms with Crippen LogP contribution in [-0.4, -0.2) is 56.0 Å². The van der Waals surface area contributed by atoms with Crippen molar-refractivity contribution in [3.63, 3.8) is 0 Å². The molecule has 128 valence electrons. The molecule has 3 heterocycles. The number of nitrogens with zero attached hydrogens (tertiary/aromatic N) is 5. The fourth-order valence-electron chi connectivity index (χ4n) is 2.82. The highest BCUT2D eigenvalue weighted by molar-refractivity contribution is 5.75. The van der Waals surface area contributed by atoms with Crippen LogP contribution in [0.25, 0.3) is 0 Å². The molecule has 0 unspecified atom stereocenters. The summed E-state index contributed by atoms with van der Waals surface area (Å²) in [7, 11) is 0. The number of nitrogens with one attached hydrogen (secondary N) is 1. The molecule has 2 N–H and O–H groups in total. The second kappa shape index (κ2) is 6.96. The van der Waals surface area contributed by atoms with Crippen LogP contribution in [0.4, 0.5) is 5.95 Å². The van der Waals surface area contributed by atoms with Crippen LogP contribution in [0.2, 0.25) is 0 Å². The number of β-amino-alcohol motifs (C(OH)–C–C–N with tert-alkyl or cyclic N) is 1. The van der Waals surface area contributed by atoms with E-state index in [9.17, 15) is 9.90 Å². The van der Waals surface area contributed by atoms with Crippen molar-refractivity contribution in [2.24, 2.45) is 0 Å². The lowest BCUT2D eigenvalue weighted by atomic mass is 10.0. The summed E-state index contributed by atoms with van der Waals surface area (Å²) in [5, 5.41) is 17.6. The average Bonchev–Trinajstić information content (AvgIpc) is 3.18. The van der Waals surface area contributed by atoms with E-state index < -0.39 is 5.60 Å². The van der Waals surface area contributed by atoms with Gasteiger partial charge in [0, 0.05) is 50.3 Å². The molecule has 1 aliphatic heterocycles. The van der Waals surface area contributed by atoms with Crippen LogP contribution in [-0.2, 0) is 11.3 Å². The average molecular weight is 330 g/mol. The van der Waals surface area contributed by atoms with Gasteiger partial charge in [0.05, 0.1) is 6.54 Å². The molecule has 0 radical (unpaired) electrons. The van der Waals surface area contributed by atoms with Gasteiger partial charge in [-0.3, -0.25) is 9.48 Å². The molecular weight excluding hydrogens is 308 g/mol. The van der Waals surface area contributed by atoms with Gasteiger partial charge in [-0.1, -0.05) is 0 Å². The summed E-state index contributed by atoms with van der Waals surface area (Å²) in [5.41, 5.74) is 0.0759. The molecule has 3 rings (SSSR count). The molecule has 1 amide bonds. The van der Waals surface area contributed by atoms with Crippen molar-refractivity contribution in [3.8, 4) is 0 Å². The fraction of sp³-hybridized carbons (Fsp3) is 0.500. The highest BCUT2D eigenvalue weighted by Gasteiger charge is 2.37. The zero-order valence-corrected chi connectivity index (χ0v) is 13.7. The summed E-state index contributed by atoms with van der Waals surface area (Å²) in [5.74, 6) is 0.515. The van der Waals surface area contributed by atoms with E-state index in [1.807, 2.05) is 17.9 Å². The molecule has 2 aromatic heterocycles. The summed E-state index contributed by atoms with van der Waals surface area (Å²) in [6, 6.07) is 3.66. The molecule has 1 atom stereocenters. The molecule has 0 bridgehead atoms. The molecule has 0 spiro atoms. The number of carbonyl (C=O) groups excluding carboxylic acids is 1. The molecule has 0 aliphatic carbocycles. The van der Waals surface area contributed by atoms with E-state index in [0.29, 0.717) is 38.4 Å². The standard InChI is InChI=1S/C16H22N6O2/c1-13-3-8-20-22(13)9-4-14(23)19-11-16(24)5-10-21(12-16)15-17-6-2-7-18-15/h2-3,6-8,24H,4-5,9-12H2,1H3,(H,19,23)/t16-/m0/s1. The molecular formula is C16H22N6O2. The molecule has 0 aromatic carbocycles. The number of aryl methyl sites for hydroxylation is 2. The third kappa shape index (κ3) is 3.88. The van der Waals surface area contributed by atoms with Crippen LogP contribution >= 0.6 is 0 Å². The van der Waals surface area contributed by atoms with Gasteiger partial charge in [0.15, 0.2) is 0 Å². The van der Waals surface area contributed by atoms with Crippen molar-refractivity contribution >= 4 is 11.9 Å². The zero-order chi connectivity index (χ0) is 17.0. The second-order valence-electron chi connectivity index (χ2n) is 6.17. The van der Waals surface area contributed by atoms with Crippen molar-refractivity contribution in [2.75, 3.05) is 24.5 Å². The van der Waals surface area contributed by atoms with Crippen molar-refractivity contribution in [1.82, 2.24) is 25.1 Å². The first-order valence-corrected chi connectivity index (χ1v) is 8.05. The molecule has 0 saturated carbocycles.